The molecule has 3 heterocycles. The summed E-state index contributed by atoms with van der Waals surface area (Å²) in [5.41, 5.74) is 1.11. The van der Waals surface area contributed by atoms with Gasteiger partial charge in [0, 0.05) is 37.1 Å². The number of nitrogens with one attached hydrogen (secondary N) is 2. The van der Waals surface area contributed by atoms with Gasteiger partial charge in [-0.15, -0.1) is 23.7 Å². The van der Waals surface area contributed by atoms with E-state index in [4.69, 9.17) is 11.6 Å². The molecule has 1 amide bonds. The smallest absolute Gasteiger partial charge is 0.225 e. The van der Waals surface area contributed by atoms with Crippen LogP contribution in [0, 0.1) is 5.92 Å². The van der Waals surface area contributed by atoms with Crippen molar-refractivity contribution in [1.82, 2.24) is 20.4 Å². The molecule has 120 valence electrons. The number of nitrogens with zero attached hydrogens (tertiary/aromatic N) is 2. The van der Waals surface area contributed by atoms with Crippen LogP contribution in [0.2, 0.25) is 4.34 Å². The molecule has 1 aliphatic rings. The van der Waals surface area contributed by atoms with Gasteiger partial charge in [-0.05, 0) is 17.7 Å². The van der Waals surface area contributed by atoms with Crippen LogP contribution in [0.5, 0.6) is 0 Å². The van der Waals surface area contributed by atoms with Crippen molar-refractivity contribution >= 4 is 41.3 Å². The summed E-state index contributed by atoms with van der Waals surface area (Å²) in [5, 5.41) is 10.5. The summed E-state index contributed by atoms with van der Waals surface area (Å²) in [6.07, 6.45) is 3.83. The number of hydrogen-bond acceptors (Lipinski definition) is 4. The minimum atomic E-state index is -0.0513. The normalized spacial score (nSPS) is 20.6. The number of halogens is 2. The fourth-order valence-corrected chi connectivity index (χ4v) is 3.72. The van der Waals surface area contributed by atoms with E-state index in [1.54, 1.807) is 4.68 Å². The lowest BCUT2D eigenvalue weighted by atomic mass is 9.90. The molecule has 0 aromatic carbocycles. The minimum Gasteiger partial charge on any atom is -0.351 e. The molecular formula is C14H18Cl2N4OS. The number of carbonyl (C=O) groups excluding carboxylic acids is 1. The summed E-state index contributed by atoms with van der Waals surface area (Å²) < 4.78 is 2.52. The van der Waals surface area contributed by atoms with Gasteiger partial charge in [0.15, 0.2) is 0 Å². The lowest BCUT2D eigenvalue weighted by Gasteiger charge is -2.16. The highest BCUT2D eigenvalue weighted by Gasteiger charge is 2.34. The molecule has 3 rings (SSSR count). The van der Waals surface area contributed by atoms with E-state index in [0.29, 0.717) is 13.1 Å². The molecule has 2 N–H and O–H groups in total. The first-order chi connectivity index (χ1) is 10.1. The van der Waals surface area contributed by atoms with Gasteiger partial charge >= 0.3 is 0 Å². The standard InChI is InChI=1S/C14H17ClN4OS.ClH/c1-19-8-9(4-18-19)11-6-16-7-12(11)14(20)17-5-10-2-3-13(15)21-10;/h2-4,8,11-12,16H,5-7H2,1H3,(H,17,20);1H/t11-,12+;/m1./s1. The Bertz CT molecular complexity index is 642. The lowest BCUT2D eigenvalue weighted by Crippen LogP contribution is -2.33. The van der Waals surface area contributed by atoms with Crippen LogP contribution in [-0.2, 0) is 18.4 Å². The van der Waals surface area contributed by atoms with E-state index in [1.807, 2.05) is 31.6 Å². The lowest BCUT2D eigenvalue weighted by molar-refractivity contribution is -0.124. The quantitative estimate of drug-likeness (QED) is 0.878. The number of amides is 1. The average molecular weight is 361 g/mol. The van der Waals surface area contributed by atoms with Crippen LogP contribution < -0.4 is 10.6 Å². The summed E-state index contributed by atoms with van der Waals surface area (Å²) in [6.45, 7) is 2.05. The number of rotatable bonds is 4. The average Bonchev–Trinajstić information content (AvgIpc) is 3.16. The third kappa shape index (κ3) is 3.81. The summed E-state index contributed by atoms with van der Waals surface area (Å²) in [4.78, 5) is 13.5. The maximum atomic E-state index is 12.4. The van der Waals surface area contributed by atoms with Crippen LogP contribution in [0.1, 0.15) is 16.4 Å². The van der Waals surface area contributed by atoms with E-state index in [9.17, 15) is 4.79 Å². The van der Waals surface area contributed by atoms with Crippen molar-refractivity contribution < 1.29 is 4.79 Å². The molecule has 0 radical (unpaired) electrons. The van der Waals surface area contributed by atoms with Crippen LogP contribution >= 0.6 is 35.3 Å². The summed E-state index contributed by atoms with van der Waals surface area (Å²) in [7, 11) is 1.89. The van der Waals surface area contributed by atoms with Crippen LogP contribution in [0.3, 0.4) is 0 Å². The first-order valence-electron chi connectivity index (χ1n) is 6.84. The second-order valence-corrected chi connectivity index (χ2v) is 7.04. The molecule has 1 saturated heterocycles. The third-order valence-corrected chi connectivity index (χ3v) is 5.00. The molecule has 2 atom stereocenters. The number of hydrogen-bond donors (Lipinski definition) is 2. The first kappa shape index (κ1) is 17.3. The van der Waals surface area contributed by atoms with Crippen molar-refractivity contribution in [3.05, 3.63) is 39.3 Å². The monoisotopic (exact) mass is 360 g/mol. The maximum Gasteiger partial charge on any atom is 0.225 e. The number of aromatic nitrogens is 2. The molecule has 22 heavy (non-hydrogen) atoms. The molecule has 2 aromatic rings. The highest BCUT2D eigenvalue weighted by atomic mass is 35.5. The van der Waals surface area contributed by atoms with E-state index in [2.05, 4.69) is 15.7 Å². The van der Waals surface area contributed by atoms with Gasteiger partial charge in [-0.25, -0.2) is 0 Å². The van der Waals surface area contributed by atoms with Crippen molar-refractivity contribution in [2.45, 2.75) is 12.5 Å². The van der Waals surface area contributed by atoms with E-state index in [-0.39, 0.29) is 30.2 Å². The molecule has 0 bridgehead atoms. The van der Waals surface area contributed by atoms with E-state index in [0.717, 1.165) is 21.3 Å². The van der Waals surface area contributed by atoms with Crippen molar-refractivity contribution in [3.8, 4) is 0 Å². The van der Waals surface area contributed by atoms with Crippen molar-refractivity contribution in [3.63, 3.8) is 0 Å². The van der Waals surface area contributed by atoms with E-state index in [1.165, 1.54) is 11.3 Å². The van der Waals surface area contributed by atoms with Gasteiger partial charge in [0.2, 0.25) is 5.91 Å². The summed E-state index contributed by atoms with van der Waals surface area (Å²) in [6, 6.07) is 3.79. The van der Waals surface area contributed by atoms with Gasteiger partial charge in [0.25, 0.3) is 0 Å². The van der Waals surface area contributed by atoms with Crippen molar-refractivity contribution in [2.75, 3.05) is 13.1 Å². The molecule has 8 heteroatoms. The van der Waals surface area contributed by atoms with Gasteiger partial charge in [0.05, 0.1) is 23.0 Å². The molecular weight excluding hydrogens is 343 g/mol. The largest absolute Gasteiger partial charge is 0.351 e. The second-order valence-electron chi connectivity index (χ2n) is 5.24. The molecule has 5 nitrogen and oxygen atoms in total. The fraction of sp³-hybridized carbons (Fsp3) is 0.429. The molecule has 0 aliphatic carbocycles. The number of aryl methyl sites for hydroxylation is 1. The first-order valence-corrected chi connectivity index (χ1v) is 8.04. The zero-order chi connectivity index (χ0) is 14.8. The van der Waals surface area contributed by atoms with E-state index >= 15 is 0 Å². The Morgan fingerprint density at radius 1 is 1.55 bits per heavy atom. The van der Waals surface area contributed by atoms with Crippen LogP contribution in [0.15, 0.2) is 24.5 Å². The van der Waals surface area contributed by atoms with E-state index < -0.39 is 0 Å². The fourth-order valence-electron chi connectivity index (χ4n) is 2.69. The van der Waals surface area contributed by atoms with Gasteiger partial charge < -0.3 is 10.6 Å². The Morgan fingerprint density at radius 3 is 3.00 bits per heavy atom. The van der Waals surface area contributed by atoms with Gasteiger partial charge in [-0.1, -0.05) is 11.6 Å². The Labute approximate surface area is 144 Å². The number of carbonyl (C=O) groups is 1. The number of thiophene rings is 1. The molecule has 1 aliphatic heterocycles. The SMILES string of the molecule is Cl.Cn1cc([C@H]2CNC[C@@H]2C(=O)NCc2ccc(Cl)s2)cn1. The summed E-state index contributed by atoms with van der Waals surface area (Å²) >= 11 is 7.39. The van der Waals surface area contributed by atoms with Gasteiger partial charge in [-0.2, -0.15) is 5.10 Å². The van der Waals surface area contributed by atoms with Crippen LogP contribution in [-0.4, -0.2) is 28.8 Å². The zero-order valence-corrected chi connectivity index (χ0v) is 14.5. The highest BCUT2D eigenvalue weighted by molar-refractivity contribution is 7.16. The molecule has 0 unspecified atom stereocenters. The second kappa shape index (κ2) is 7.46. The highest BCUT2D eigenvalue weighted by Crippen LogP contribution is 2.28. The zero-order valence-electron chi connectivity index (χ0n) is 12.1. The summed E-state index contributed by atoms with van der Waals surface area (Å²) in [5.74, 6) is 0.216. The predicted octanol–water partition coefficient (Wildman–Crippen LogP) is 2.18. The molecule has 0 spiro atoms. The van der Waals surface area contributed by atoms with Crippen LogP contribution in [0.25, 0.3) is 0 Å². The topological polar surface area (TPSA) is 59.0 Å². The van der Waals surface area contributed by atoms with Gasteiger partial charge in [-0.3, -0.25) is 9.48 Å². The third-order valence-electron chi connectivity index (χ3n) is 3.77. The van der Waals surface area contributed by atoms with Crippen molar-refractivity contribution in [2.24, 2.45) is 13.0 Å². The molecule has 0 saturated carbocycles. The van der Waals surface area contributed by atoms with Gasteiger partial charge in [0.1, 0.15) is 0 Å². The predicted molar refractivity (Wildman–Crippen MR) is 90.7 cm³/mol. The Morgan fingerprint density at radius 2 is 2.36 bits per heavy atom. The Balaban J connectivity index is 0.00000176. The van der Waals surface area contributed by atoms with Crippen LogP contribution in [0.4, 0.5) is 0 Å². The molecule has 2 aromatic heterocycles. The van der Waals surface area contributed by atoms with Crippen molar-refractivity contribution in [1.29, 1.82) is 0 Å². The Hall–Kier alpha value is -1.08. The minimum absolute atomic E-state index is 0. The molecule has 1 fully saturated rings. The Kier molecular flexibility index (Phi) is 5.86. The maximum absolute atomic E-state index is 12.4.